The molecule has 108 valence electrons. The first kappa shape index (κ1) is 15.0. The van der Waals surface area contributed by atoms with Crippen LogP contribution in [-0.4, -0.2) is 24.5 Å². The molecule has 1 aromatic carbocycles. The van der Waals surface area contributed by atoms with Crippen LogP contribution >= 0.6 is 0 Å². The molecule has 0 saturated heterocycles. The second kappa shape index (κ2) is 6.88. The van der Waals surface area contributed by atoms with Crippen LogP contribution in [0.5, 0.6) is 0 Å². The summed E-state index contributed by atoms with van der Waals surface area (Å²) in [5.41, 5.74) is 6.38. The third-order valence-corrected chi connectivity index (χ3v) is 4.06. The molecule has 1 unspecified atom stereocenters. The van der Waals surface area contributed by atoms with E-state index in [2.05, 4.69) is 17.9 Å². The quantitative estimate of drug-likeness (QED) is 0.791. The zero-order valence-electron chi connectivity index (χ0n) is 12.4. The molecule has 1 aliphatic rings. The van der Waals surface area contributed by atoms with Gasteiger partial charge in [-0.2, -0.15) is 5.26 Å². The maximum atomic E-state index is 9.48. The van der Waals surface area contributed by atoms with Crippen molar-refractivity contribution in [3.8, 4) is 6.07 Å². The Morgan fingerprint density at radius 1 is 1.30 bits per heavy atom. The number of hydrogen-bond acceptors (Lipinski definition) is 3. The smallest absolute Gasteiger partial charge is 0.131 e. The Balaban J connectivity index is 1.96. The highest BCUT2D eigenvalue weighted by molar-refractivity contribution is 5.30. The SMILES string of the molecule is CCCN(CCC(N)(C#N)c1ccccc1)CC1CC1. The molecule has 20 heavy (non-hydrogen) atoms. The zero-order valence-corrected chi connectivity index (χ0v) is 12.4. The Morgan fingerprint density at radius 3 is 2.55 bits per heavy atom. The fourth-order valence-electron chi connectivity index (χ4n) is 2.61. The molecule has 0 bridgehead atoms. The highest BCUT2D eigenvalue weighted by atomic mass is 15.1. The predicted molar refractivity (Wildman–Crippen MR) is 82.0 cm³/mol. The Morgan fingerprint density at radius 2 is 2.00 bits per heavy atom. The summed E-state index contributed by atoms with van der Waals surface area (Å²) in [6, 6.07) is 12.1. The maximum absolute atomic E-state index is 9.48. The summed E-state index contributed by atoms with van der Waals surface area (Å²) in [5, 5.41) is 9.48. The molecule has 0 radical (unpaired) electrons. The first-order chi connectivity index (χ1) is 9.68. The molecule has 0 heterocycles. The molecule has 1 fully saturated rings. The minimum atomic E-state index is -0.864. The maximum Gasteiger partial charge on any atom is 0.131 e. The lowest BCUT2D eigenvalue weighted by Crippen LogP contribution is -2.40. The lowest BCUT2D eigenvalue weighted by molar-refractivity contribution is 0.243. The number of nitriles is 1. The number of benzene rings is 1. The second-order valence-corrected chi connectivity index (χ2v) is 5.94. The van der Waals surface area contributed by atoms with Crippen molar-refractivity contribution >= 4 is 0 Å². The molecule has 2 rings (SSSR count). The molecular formula is C17H25N3. The lowest BCUT2D eigenvalue weighted by Gasteiger charge is -2.27. The van der Waals surface area contributed by atoms with Gasteiger partial charge in [0, 0.05) is 13.1 Å². The monoisotopic (exact) mass is 271 g/mol. The van der Waals surface area contributed by atoms with E-state index in [0.717, 1.165) is 31.0 Å². The number of hydrogen-bond donors (Lipinski definition) is 1. The van der Waals surface area contributed by atoms with Gasteiger partial charge in [0.25, 0.3) is 0 Å². The van der Waals surface area contributed by atoms with Gasteiger partial charge in [-0.3, -0.25) is 0 Å². The Bertz CT molecular complexity index is 447. The molecular weight excluding hydrogens is 246 g/mol. The Hall–Kier alpha value is -1.37. The molecule has 1 aromatic rings. The van der Waals surface area contributed by atoms with Gasteiger partial charge in [0.2, 0.25) is 0 Å². The van der Waals surface area contributed by atoms with Crippen LogP contribution in [0.1, 0.15) is 38.2 Å². The largest absolute Gasteiger partial charge is 0.310 e. The van der Waals surface area contributed by atoms with Crippen molar-refractivity contribution in [3.63, 3.8) is 0 Å². The van der Waals surface area contributed by atoms with Crippen molar-refractivity contribution in [1.29, 1.82) is 5.26 Å². The van der Waals surface area contributed by atoms with E-state index in [9.17, 15) is 5.26 Å². The first-order valence-corrected chi connectivity index (χ1v) is 7.66. The molecule has 1 atom stereocenters. The van der Waals surface area contributed by atoms with Crippen LogP contribution in [0.4, 0.5) is 0 Å². The standard InChI is InChI=1S/C17H25N3/c1-2-11-20(13-15-8-9-15)12-10-17(19,14-18)16-6-4-3-5-7-16/h3-7,15H,2,8-13,19H2,1H3. The van der Waals surface area contributed by atoms with Gasteiger partial charge in [-0.25, -0.2) is 0 Å². The van der Waals surface area contributed by atoms with Crippen LogP contribution in [0.3, 0.4) is 0 Å². The fourth-order valence-corrected chi connectivity index (χ4v) is 2.61. The Labute approximate surface area is 122 Å². The summed E-state index contributed by atoms with van der Waals surface area (Å²) < 4.78 is 0. The third kappa shape index (κ3) is 4.06. The number of nitrogens with two attached hydrogens (primary N) is 1. The molecule has 2 N–H and O–H groups in total. The molecule has 3 heteroatoms. The molecule has 3 nitrogen and oxygen atoms in total. The van der Waals surface area contributed by atoms with Crippen molar-refractivity contribution in [3.05, 3.63) is 35.9 Å². The minimum absolute atomic E-state index is 0.695. The van der Waals surface area contributed by atoms with Gasteiger partial charge in [-0.15, -0.1) is 0 Å². The van der Waals surface area contributed by atoms with E-state index in [0.29, 0.717) is 6.42 Å². The van der Waals surface area contributed by atoms with Gasteiger partial charge in [-0.1, -0.05) is 37.3 Å². The average molecular weight is 271 g/mol. The van der Waals surface area contributed by atoms with Crippen molar-refractivity contribution < 1.29 is 0 Å². The van der Waals surface area contributed by atoms with Crippen LogP contribution < -0.4 is 5.73 Å². The van der Waals surface area contributed by atoms with Gasteiger partial charge in [0.1, 0.15) is 5.54 Å². The van der Waals surface area contributed by atoms with E-state index >= 15 is 0 Å². The molecule has 0 aromatic heterocycles. The number of rotatable bonds is 8. The lowest BCUT2D eigenvalue weighted by atomic mass is 9.89. The van der Waals surface area contributed by atoms with Crippen molar-refractivity contribution in [2.24, 2.45) is 11.7 Å². The second-order valence-electron chi connectivity index (χ2n) is 5.94. The highest BCUT2D eigenvalue weighted by Crippen LogP contribution is 2.30. The van der Waals surface area contributed by atoms with Crippen LogP contribution in [0.15, 0.2) is 30.3 Å². The third-order valence-electron chi connectivity index (χ3n) is 4.06. The molecule has 1 aliphatic carbocycles. The van der Waals surface area contributed by atoms with Gasteiger partial charge in [-0.05, 0) is 43.7 Å². The van der Waals surface area contributed by atoms with Crippen molar-refractivity contribution in [1.82, 2.24) is 4.90 Å². The van der Waals surface area contributed by atoms with Crippen molar-refractivity contribution in [2.75, 3.05) is 19.6 Å². The molecule has 0 spiro atoms. The first-order valence-electron chi connectivity index (χ1n) is 7.66. The fraction of sp³-hybridized carbons (Fsp3) is 0.588. The summed E-state index contributed by atoms with van der Waals surface area (Å²) >= 11 is 0. The van der Waals surface area contributed by atoms with Crippen LogP contribution in [0.25, 0.3) is 0 Å². The summed E-state index contributed by atoms with van der Waals surface area (Å²) in [6.45, 7) is 5.39. The van der Waals surface area contributed by atoms with Crippen LogP contribution in [-0.2, 0) is 5.54 Å². The van der Waals surface area contributed by atoms with Gasteiger partial charge in [0.05, 0.1) is 6.07 Å². The summed E-state index contributed by atoms with van der Waals surface area (Å²) in [7, 11) is 0. The molecule has 0 aliphatic heterocycles. The normalized spacial score (nSPS) is 17.7. The zero-order chi connectivity index (χ0) is 14.4. The Kier molecular flexibility index (Phi) is 5.17. The van der Waals surface area contributed by atoms with Gasteiger partial charge < -0.3 is 10.6 Å². The van der Waals surface area contributed by atoms with E-state index in [1.54, 1.807) is 0 Å². The van der Waals surface area contributed by atoms with Crippen molar-refractivity contribution in [2.45, 2.75) is 38.1 Å². The van der Waals surface area contributed by atoms with Crippen LogP contribution in [0, 0.1) is 17.2 Å². The van der Waals surface area contributed by atoms with Crippen LogP contribution in [0.2, 0.25) is 0 Å². The van der Waals surface area contributed by atoms with E-state index in [1.165, 1.54) is 19.4 Å². The van der Waals surface area contributed by atoms with Gasteiger partial charge in [0.15, 0.2) is 0 Å². The predicted octanol–water partition coefficient (Wildman–Crippen LogP) is 2.88. The summed E-state index contributed by atoms with van der Waals surface area (Å²) in [5.74, 6) is 0.882. The number of nitrogens with zero attached hydrogens (tertiary/aromatic N) is 2. The topological polar surface area (TPSA) is 53.0 Å². The van der Waals surface area contributed by atoms with E-state index in [-0.39, 0.29) is 0 Å². The van der Waals surface area contributed by atoms with E-state index in [1.807, 2.05) is 30.3 Å². The van der Waals surface area contributed by atoms with E-state index < -0.39 is 5.54 Å². The summed E-state index contributed by atoms with van der Waals surface area (Å²) in [4.78, 5) is 2.47. The summed E-state index contributed by atoms with van der Waals surface area (Å²) in [6.07, 6.45) is 4.58. The van der Waals surface area contributed by atoms with E-state index in [4.69, 9.17) is 5.73 Å². The molecule has 1 saturated carbocycles. The minimum Gasteiger partial charge on any atom is -0.310 e. The highest BCUT2D eigenvalue weighted by Gasteiger charge is 2.29. The molecule has 0 amide bonds. The van der Waals surface area contributed by atoms with Gasteiger partial charge >= 0.3 is 0 Å². The average Bonchev–Trinajstić information content (AvgIpc) is 3.29.